The molecule has 0 spiro atoms. The minimum Gasteiger partial charge on any atom is -0.334 e. The predicted molar refractivity (Wildman–Crippen MR) is 85.7 cm³/mol. The van der Waals surface area contributed by atoms with E-state index in [9.17, 15) is 10.1 Å². The molecule has 1 saturated carbocycles. The zero-order valence-corrected chi connectivity index (χ0v) is 13.9. The summed E-state index contributed by atoms with van der Waals surface area (Å²) in [6.45, 7) is 0. The van der Waals surface area contributed by atoms with E-state index in [2.05, 4.69) is 26.1 Å². The van der Waals surface area contributed by atoms with Crippen molar-refractivity contribution in [3.63, 3.8) is 0 Å². The highest BCUT2D eigenvalue weighted by molar-refractivity contribution is 9.10. The van der Waals surface area contributed by atoms with Crippen LogP contribution in [-0.2, 0) is 5.54 Å². The van der Waals surface area contributed by atoms with Crippen molar-refractivity contribution in [2.24, 2.45) is 5.73 Å². The van der Waals surface area contributed by atoms with Crippen molar-refractivity contribution in [3.8, 4) is 11.5 Å². The number of benzene rings is 1. The maximum absolute atomic E-state index is 10.9. The summed E-state index contributed by atoms with van der Waals surface area (Å²) >= 11 is 3.24. The summed E-state index contributed by atoms with van der Waals surface area (Å²) in [6.07, 6.45) is 3.74. The van der Waals surface area contributed by atoms with Crippen LogP contribution in [0, 0.1) is 10.1 Å². The first-order valence-corrected chi connectivity index (χ1v) is 7.36. The van der Waals surface area contributed by atoms with Gasteiger partial charge in [-0.1, -0.05) is 33.9 Å². The molecule has 7 nitrogen and oxygen atoms in total. The highest BCUT2D eigenvalue weighted by atomic mass is 79.9. The maximum atomic E-state index is 10.9. The number of aromatic nitrogens is 2. The molecule has 0 atom stereocenters. The summed E-state index contributed by atoms with van der Waals surface area (Å²) in [5.41, 5.74) is 6.19. The van der Waals surface area contributed by atoms with Crippen LogP contribution >= 0.6 is 28.3 Å². The summed E-state index contributed by atoms with van der Waals surface area (Å²) in [6, 6.07) is 4.52. The van der Waals surface area contributed by atoms with E-state index in [4.69, 9.17) is 10.3 Å². The lowest BCUT2D eigenvalue weighted by Gasteiger charge is -2.17. The van der Waals surface area contributed by atoms with E-state index in [1.807, 2.05) is 0 Å². The van der Waals surface area contributed by atoms with E-state index in [-0.39, 0.29) is 24.0 Å². The van der Waals surface area contributed by atoms with Crippen molar-refractivity contribution < 1.29 is 9.45 Å². The number of nitrogens with two attached hydrogens (primary N) is 1. The predicted octanol–water partition coefficient (Wildman–Crippen LogP) is 3.56. The number of halogens is 2. The van der Waals surface area contributed by atoms with Crippen LogP contribution in [0.4, 0.5) is 5.69 Å². The molecule has 2 aromatic rings. The summed E-state index contributed by atoms with van der Waals surface area (Å²) < 4.78 is 5.81. The molecule has 0 amide bonds. The van der Waals surface area contributed by atoms with E-state index in [1.54, 1.807) is 6.07 Å². The molecule has 2 N–H and O–H groups in total. The van der Waals surface area contributed by atoms with Gasteiger partial charge in [0, 0.05) is 22.2 Å². The monoisotopic (exact) mass is 388 g/mol. The normalized spacial score (nSPS) is 16.3. The second kappa shape index (κ2) is 6.31. The second-order valence-electron chi connectivity index (χ2n) is 5.24. The second-order valence-corrected chi connectivity index (χ2v) is 6.16. The lowest BCUT2D eigenvalue weighted by atomic mass is 9.99. The first-order valence-electron chi connectivity index (χ1n) is 6.56. The Labute approximate surface area is 141 Å². The van der Waals surface area contributed by atoms with Gasteiger partial charge >= 0.3 is 0 Å². The first kappa shape index (κ1) is 16.9. The number of nitrogens with zero attached hydrogens (tertiary/aromatic N) is 3. The van der Waals surface area contributed by atoms with E-state index < -0.39 is 10.5 Å². The fourth-order valence-corrected chi connectivity index (χ4v) is 3.06. The molecule has 1 heterocycles. The third-order valence-electron chi connectivity index (χ3n) is 3.71. The van der Waals surface area contributed by atoms with E-state index in [0.29, 0.717) is 15.9 Å². The topological polar surface area (TPSA) is 108 Å². The highest BCUT2D eigenvalue weighted by Gasteiger charge is 2.36. The SMILES string of the molecule is Cl.NC1(c2noc(-c3cc(Br)cc([N+](=O)[O-])c3)n2)CCCC1. The number of hydrogen-bond acceptors (Lipinski definition) is 6. The van der Waals surface area contributed by atoms with Gasteiger partial charge in [0.05, 0.1) is 10.5 Å². The lowest BCUT2D eigenvalue weighted by Crippen LogP contribution is -2.34. The molecule has 118 valence electrons. The van der Waals surface area contributed by atoms with Crippen LogP contribution in [0.5, 0.6) is 0 Å². The van der Waals surface area contributed by atoms with Crippen LogP contribution in [0.2, 0.25) is 0 Å². The first-order chi connectivity index (χ1) is 9.98. The molecule has 1 fully saturated rings. The number of non-ortho nitro benzene ring substituents is 1. The molecule has 1 aromatic carbocycles. The number of rotatable bonds is 3. The molecule has 1 aliphatic rings. The van der Waals surface area contributed by atoms with E-state index >= 15 is 0 Å². The van der Waals surface area contributed by atoms with Crippen molar-refractivity contribution in [3.05, 3.63) is 38.6 Å². The molecular formula is C13H14BrClN4O3. The van der Waals surface area contributed by atoms with E-state index in [0.717, 1.165) is 25.7 Å². The van der Waals surface area contributed by atoms with Crippen LogP contribution in [0.1, 0.15) is 31.5 Å². The Morgan fingerprint density at radius 3 is 2.64 bits per heavy atom. The number of hydrogen-bond donors (Lipinski definition) is 1. The molecule has 1 aromatic heterocycles. The fourth-order valence-electron chi connectivity index (χ4n) is 2.58. The van der Waals surface area contributed by atoms with Crippen molar-refractivity contribution in [2.45, 2.75) is 31.2 Å². The molecule has 1 aliphatic carbocycles. The summed E-state index contributed by atoms with van der Waals surface area (Å²) in [7, 11) is 0. The molecule has 0 bridgehead atoms. The van der Waals surface area contributed by atoms with Crippen molar-refractivity contribution in [2.75, 3.05) is 0 Å². The molecular weight excluding hydrogens is 376 g/mol. The Morgan fingerprint density at radius 2 is 2.00 bits per heavy atom. The van der Waals surface area contributed by atoms with Gasteiger partial charge in [-0.05, 0) is 18.9 Å². The van der Waals surface area contributed by atoms with Gasteiger partial charge in [0.15, 0.2) is 5.82 Å². The zero-order valence-electron chi connectivity index (χ0n) is 11.5. The third-order valence-corrected chi connectivity index (χ3v) is 4.17. The molecule has 22 heavy (non-hydrogen) atoms. The third kappa shape index (κ3) is 3.13. The Bertz CT molecular complexity index is 700. The molecule has 0 aliphatic heterocycles. The largest absolute Gasteiger partial charge is 0.334 e. The average Bonchev–Trinajstić information content (AvgIpc) is 3.07. The van der Waals surface area contributed by atoms with Gasteiger partial charge in [0.25, 0.3) is 11.6 Å². The molecule has 0 unspecified atom stereocenters. The summed E-state index contributed by atoms with van der Waals surface area (Å²) in [5, 5.41) is 14.9. The minimum atomic E-state index is -0.542. The Hall–Kier alpha value is -1.51. The van der Waals surface area contributed by atoms with Gasteiger partial charge in [-0.3, -0.25) is 10.1 Å². The van der Waals surface area contributed by atoms with Gasteiger partial charge < -0.3 is 10.3 Å². The van der Waals surface area contributed by atoms with Gasteiger partial charge in [-0.15, -0.1) is 12.4 Å². The summed E-state index contributed by atoms with van der Waals surface area (Å²) in [4.78, 5) is 14.8. The molecule has 9 heteroatoms. The average molecular weight is 390 g/mol. The lowest BCUT2D eigenvalue weighted by molar-refractivity contribution is -0.384. The number of nitro benzene ring substituents is 1. The molecule has 3 rings (SSSR count). The zero-order chi connectivity index (χ0) is 15.0. The smallest absolute Gasteiger partial charge is 0.271 e. The quantitative estimate of drug-likeness (QED) is 0.635. The summed E-state index contributed by atoms with van der Waals surface area (Å²) in [5.74, 6) is 0.712. The molecule has 0 saturated heterocycles. The van der Waals surface area contributed by atoms with Gasteiger partial charge in [0.2, 0.25) is 0 Å². The van der Waals surface area contributed by atoms with Crippen molar-refractivity contribution >= 4 is 34.0 Å². The van der Waals surface area contributed by atoms with Crippen molar-refractivity contribution in [1.29, 1.82) is 0 Å². The van der Waals surface area contributed by atoms with Gasteiger partial charge in [-0.25, -0.2) is 0 Å². The Kier molecular flexibility index (Phi) is 4.84. The van der Waals surface area contributed by atoms with Crippen LogP contribution in [-0.4, -0.2) is 15.1 Å². The van der Waals surface area contributed by atoms with Gasteiger partial charge in [0.1, 0.15) is 0 Å². The Morgan fingerprint density at radius 1 is 1.32 bits per heavy atom. The Balaban J connectivity index is 0.00000176. The van der Waals surface area contributed by atoms with Crippen LogP contribution in [0.25, 0.3) is 11.5 Å². The van der Waals surface area contributed by atoms with Crippen LogP contribution < -0.4 is 5.73 Å². The maximum Gasteiger partial charge on any atom is 0.271 e. The van der Waals surface area contributed by atoms with Gasteiger partial charge in [-0.2, -0.15) is 4.98 Å². The van der Waals surface area contributed by atoms with E-state index in [1.165, 1.54) is 12.1 Å². The fraction of sp³-hybridized carbons (Fsp3) is 0.385. The highest BCUT2D eigenvalue weighted by Crippen LogP contribution is 2.36. The van der Waals surface area contributed by atoms with Crippen molar-refractivity contribution in [1.82, 2.24) is 10.1 Å². The minimum absolute atomic E-state index is 0. The van der Waals surface area contributed by atoms with Crippen LogP contribution in [0.15, 0.2) is 27.2 Å². The molecule has 0 radical (unpaired) electrons. The number of nitro groups is 1. The van der Waals surface area contributed by atoms with Crippen LogP contribution in [0.3, 0.4) is 0 Å². The standard InChI is InChI=1S/C13H13BrN4O3.ClH/c14-9-5-8(6-10(7-9)18(19)20)11-16-12(17-21-11)13(15)3-1-2-4-13;/h5-7H,1-4,15H2;1H.